The number of hydrogen-bond donors (Lipinski definition) is 5. The van der Waals surface area contributed by atoms with Gasteiger partial charge in [-0.25, -0.2) is 10.2 Å². The Labute approximate surface area is 292 Å². The molecule has 0 bridgehead atoms. The Morgan fingerprint density at radius 1 is 1.06 bits per heavy atom. The fourth-order valence-corrected chi connectivity index (χ4v) is 5.84. The zero-order valence-corrected chi connectivity index (χ0v) is 28.8. The van der Waals surface area contributed by atoms with Crippen LogP contribution in [0, 0.1) is 10.1 Å². The smallest absolute Gasteiger partial charge is 0.426 e. The number of rotatable bonds is 14. The van der Waals surface area contributed by atoms with Crippen LogP contribution in [0.3, 0.4) is 0 Å². The number of imide groups is 1. The first-order chi connectivity index (χ1) is 23.8. The van der Waals surface area contributed by atoms with Crippen molar-refractivity contribution in [3.8, 4) is 0 Å². The average Bonchev–Trinajstić information content (AvgIpc) is 3.64. The van der Waals surface area contributed by atoms with Gasteiger partial charge in [0.1, 0.15) is 29.0 Å². The second-order valence-corrected chi connectivity index (χ2v) is 14.1. The predicted molar refractivity (Wildman–Crippen MR) is 176 cm³/mol. The number of amides is 7. The molecule has 7 amide bonds. The maximum atomic E-state index is 13.5. The molecule has 1 saturated heterocycles. The van der Waals surface area contributed by atoms with Gasteiger partial charge in [-0.3, -0.25) is 53.8 Å². The Kier molecular flexibility index (Phi) is 13.3. The Morgan fingerprint density at radius 2 is 1.73 bits per heavy atom. The van der Waals surface area contributed by atoms with E-state index in [2.05, 4.69) is 10.6 Å². The third-order valence-electron chi connectivity index (χ3n) is 7.42. The van der Waals surface area contributed by atoms with Crippen LogP contribution in [0.25, 0.3) is 0 Å². The van der Waals surface area contributed by atoms with Gasteiger partial charge in [0, 0.05) is 43.4 Å². The first-order valence-corrected chi connectivity index (χ1v) is 17.3. The van der Waals surface area contributed by atoms with Crippen molar-refractivity contribution in [3.05, 3.63) is 46.0 Å². The molecule has 5 N–H and O–H groups in total. The highest BCUT2D eigenvalue weighted by Gasteiger charge is 2.39. The summed E-state index contributed by atoms with van der Waals surface area (Å²) in [5, 5.41) is 16.5. The average molecular weight is 738 g/mol. The van der Waals surface area contributed by atoms with E-state index in [1.165, 1.54) is 6.07 Å². The second kappa shape index (κ2) is 17.0. The lowest BCUT2D eigenvalue weighted by atomic mass is 10.1. The number of ether oxygens (including phenoxy) is 1. The fourth-order valence-electron chi connectivity index (χ4n) is 5.20. The highest BCUT2D eigenvalue weighted by Crippen LogP contribution is 2.26. The number of carbonyl (C=O) groups is 7. The summed E-state index contributed by atoms with van der Waals surface area (Å²) in [6.07, 6.45) is 2.64. The molecule has 2 heterocycles. The van der Waals surface area contributed by atoms with Gasteiger partial charge in [-0.1, -0.05) is 6.42 Å². The molecule has 0 unspecified atom stereocenters. The highest BCUT2D eigenvalue weighted by molar-refractivity contribution is 7.85. The van der Waals surface area contributed by atoms with Crippen molar-refractivity contribution in [2.45, 2.75) is 77.0 Å². The molecule has 1 fully saturated rings. The van der Waals surface area contributed by atoms with Gasteiger partial charge in [-0.2, -0.15) is 8.42 Å². The van der Waals surface area contributed by atoms with Crippen molar-refractivity contribution in [2.24, 2.45) is 0 Å². The number of unbranched alkanes of at least 4 members (excludes halogenated alkanes) is 2. The first kappa shape index (κ1) is 40.0. The first-order valence-electron chi connectivity index (χ1n) is 15.7. The summed E-state index contributed by atoms with van der Waals surface area (Å²) < 4.78 is 38.0. The van der Waals surface area contributed by atoms with E-state index in [0.29, 0.717) is 19.3 Å². The topological polar surface area (TPSA) is 281 Å². The minimum absolute atomic E-state index is 0.0124. The number of hydrazine groups is 1. The van der Waals surface area contributed by atoms with E-state index in [0.717, 1.165) is 34.1 Å². The SMILES string of the molecule is CC(C)(C)OC(=O)NNC(=O)c1ccc(NC(=O)[C@@H]2CCCN2C(=O)[C@H](CS(=O)(=O)O)NC(=O)CCCCCN2C(=O)C=CC2=O)cc1[N+](=O)[O-]. The fraction of sp³-hybridized carbons (Fsp3) is 0.500. The van der Waals surface area contributed by atoms with Gasteiger partial charge in [0.05, 0.1) is 4.92 Å². The number of anilines is 1. The third kappa shape index (κ3) is 12.1. The Balaban J connectivity index is 1.63. The number of nitro benzene ring substituents is 1. The molecular weight excluding hydrogens is 698 g/mol. The maximum absolute atomic E-state index is 13.5. The van der Waals surface area contributed by atoms with E-state index in [4.69, 9.17) is 4.74 Å². The summed E-state index contributed by atoms with van der Waals surface area (Å²) in [6.45, 7) is 4.89. The molecule has 0 saturated carbocycles. The molecule has 1 aromatic rings. The maximum Gasteiger partial charge on any atom is 0.426 e. The zero-order valence-electron chi connectivity index (χ0n) is 28.0. The van der Waals surface area contributed by atoms with Crippen molar-refractivity contribution in [1.29, 1.82) is 0 Å². The third-order valence-corrected chi connectivity index (χ3v) is 8.17. The number of hydrogen-bond acceptors (Lipinski definition) is 12. The summed E-state index contributed by atoms with van der Waals surface area (Å²) in [5.41, 5.74) is 1.76. The molecule has 51 heavy (non-hydrogen) atoms. The van der Waals surface area contributed by atoms with Crippen LogP contribution in [-0.2, 0) is 38.8 Å². The van der Waals surface area contributed by atoms with E-state index in [9.17, 15) is 56.6 Å². The number of nitro groups is 1. The molecule has 0 radical (unpaired) electrons. The summed E-state index contributed by atoms with van der Waals surface area (Å²) in [5.74, 6) is -5.59. The zero-order chi connectivity index (χ0) is 38.1. The molecule has 1 aromatic carbocycles. The molecule has 0 aliphatic carbocycles. The van der Waals surface area contributed by atoms with Gasteiger partial charge in [-0.15, -0.1) is 0 Å². The molecule has 21 heteroatoms. The summed E-state index contributed by atoms with van der Waals surface area (Å²) in [6, 6.07) is 0.148. The molecule has 3 rings (SSSR count). The van der Waals surface area contributed by atoms with E-state index >= 15 is 0 Å². The van der Waals surface area contributed by atoms with Crippen LogP contribution in [0.1, 0.15) is 69.7 Å². The molecular formula is C30H39N7O13S. The van der Waals surface area contributed by atoms with Crippen molar-refractivity contribution in [2.75, 3.05) is 24.2 Å². The number of nitrogens with one attached hydrogen (secondary N) is 4. The summed E-state index contributed by atoms with van der Waals surface area (Å²) >= 11 is 0. The van der Waals surface area contributed by atoms with Gasteiger partial charge in [0.15, 0.2) is 0 Å². The van der Waals surface area contributed by atoms with Gasteiger partial charge >= 0.3 is 6.09 Å². The standard InChI is InChI=1S/C30H39N7O13S/c1-30(2,3)50-29(44)34-33-26(41)19-11-10-18(16-22(19)37(45)46)31-27(42)21-8-7-15-35(21)28(43)20(17-51(47,48)49)32-23(38)9-5-4-6-14-36-24(39)12-13-25(36)40/h10-13,16,20-21H,4-9,14-15,17H2,1-3H3,(H,31,42)(H,32,38)(H,33,41)(H,34,44)(H,47,48,49)/t20-,21-/m0/s1. The largest absolute Gasteiger partial charge is 0.443 e. The Morgan fingerprint density at radius 3 is 2.33 bits per heavy atom. The lowest BCUT2D eigenvalue weighted by molar-refractivity contribution is -0.385. The van der Waals surface area contributed by atoms with E-state index < -0.39 is 91.3 Å². The minimum Gasteiger partial charge on any atom is -0.443 e. The molecule has 0 aromatic heterocycles. The van der Waals surface area contributed by atoms with Crippen LogP contribution in [0.15, 0.2) is 30.4 Å². The van der Waals surface area contributed by atoms with Crippen molar-refractivity contribution in [1.82, 2.24) is 26.0 Å². The Bertz CT molecular complexity index is 1700. The van der Waals surface area contributed by atoms with Crippen molar-refractivity contribution in [3.63, 3.8) is 0 Å². The monoisotopic (exact) mass is 737 g/mol. The summed E-state index contributed by atoms with van der Waals surface area (Å²) in [4.78, 5) is 100.0. The minimum atomic E-state index is -4.78. The van der Waals surface area contributed by atoms with Crippen LogP contribution < -0.4 is 21.5 Å². The van der Waals surface area contributed by atoms with Crippen LogP contribution in [0.2, 0.25) is 0 Å². The molecule has 20 nitrogen and oxygen atoms in total. The Hall–Kier alpha value is -5.44. The molecule has 2 aliphatic heterocycles. The van der Waals surface area contributed by atoms with Crippen LogP contribution in [0.5, 0.6) is 0 Å². The van der Waals surface area contributed by atoms with Gasteiger partial charge in [-0.05, 0) is 58.6 Å². The number of carbonyl (C=O) groups excluding carboxylic acids is 7. The van der Waals surface area contributed by atoms with Crippen LogP contribution >= 0.6 is 0 Å². The van der Waals surface area contributed by atoms with Crippen LogP contribution in [-0.4, -0.2) is 106 Å². The normalized spacial score (nSPS) is 16.4. The van der Waals surface area contributed by atoms with E-state index in [1.54, 1.807) is 20.8 Å². The number of likely N-dealkylation sites (tertiary alicyclic amines) is 1. The molecule has 278 valence electrons. The van der Waals surface area contributed by atoms with Crippen molar-refractivity contribution >= 4 is 63.0 Å². The molecule has 2 atom stereocenters. The van der Waals surface area contributed by atoms with E-state index in [-0.39, 0.29) is 38.0 Å². The number of benzene rings is 1. The molecule has 2 aliphatic rings. The quantitative estimate of drug-likeness (QED) is 0.0574. The number of nitrogens with zero attached hydrogens (tertiary/aromatic N) is 3. The highest BCUT2D eigenvalue weighted by atomic mass is 32.2. The molecule has 0 spiro atoms. The lowest BCUT2D eigenvalue weighted by Gasteiger charge is -2.28. The van der Waals surface area contributed by atoms with Gasteiger partial charge in [0.25, 0.3) is 33.5 Å². The van der Waals surface area contributed by atoms with Crippen molar-refractivity contribution < 1.29 is 56.2 Å². The lowest BCUT2D eigenvalue weighted by Crippen LogP contribution is -2.54. The predicted octanol–water partition coefficient (Wildman–Crippen LogP) is 0.552. The summed E-state index contributed by atoms with van der Waals surface area (Å²) in [7, 11) is -4.78. The van der Waals surface area contributed by atoms with Gasteiger partial charge < -0.3 is 20.3 Å². The van der Waals surface area contributed by atoms with Gasteiger partial charge in [0.2, 0.25) is 17.7 Å². The second-order valence-electron chi connectivity index (χ2n) is 12.6. The van der Waals surface area contributed by atoms with Crippen LogP contribution in [0.4, 0.5) is 16.2 Å². The van der Waals surface area contributed by atoms with E-state index in [1.807, 2.05) is 10.9 Å².